The molecular formula is C16H21FN2O3. The summed E-state index contributed by atoms with van der Waals surface area (Å²) < 4.78 is 18.7. The van der Waals surface area contributed by atoms with E-state index in [-0.39, 0.29) is 23.9 Å². The van der Waals surface area contributed by atoms with E-state index in [2.05, 4.69) is 0 Å². The molecule has 0 radical (unpaired) electrons. The first-order valence-corrected chi connectivity index (χ1v) is 7.67. The second-order valence-electron chi connectivity index (χ2n) is 5.93. The molecule has 2 aliphatic heterocycles. The van der Waals surface area contributed by atoms with Crippen molar-refractivity contribution in [3.05, 3.63) is 35.6 Å². The molecule has 1 amide bonds. The Labute approximate surface area is 129 Å². The van der Waals surface area contributed by atoms with Gasteiger partial charge >= 0.3 is 0 Å². The second kappa shape index (κ2) is 6.73. The van der Waals surface area contributed by atoms with Crippen LogP contribution in [0.25, 0.3) is 0 Å². The quantitative estimate of drug-likeness (QED) is 0.897. The van der Waals surface area contributed by atoms with Crippen molar-refractivity contribution in [2.75, 3.05) is 39.3 Å². The van der Waals surface area contributed by atoms with E-state index in [1.54, 1.807) is 17.0 Å². The second-order valence-corrected chi connectivity index (χ2v) is 5.93. The van der Waals surface area contributed by atoms with Crippen LogP contribution in [0, 0.1) is 5.82 Å². The van der Waals surface area contributed by atoms with Crippen LogP contribution in [-0.2, 0) is 9.53 Å². The first-order chi connectivity index (χ1) is 10.6. The number of carbonyl (C=O) groups is 1. The van der Waals surface area contributed by atoms with Gasteiger partial charge in [-0.3, -0.25) is 9.69 Å². The Balaban J connectivity index is 1.58. The zero-order valence-corrected chi connectivity index (χ0v) is 12.4. The summed E-state index contributed by atoms with van der Waals surface area (Å²) in [5.41, 5.74) is 0.885. The van der Waals surface area contributed by atoms with E-state index in [0.717, 1.165) is 18.5 Å². The van der Waals surface area contributed by atoms with Crippen molar-refractivity contribution in [1.82, 2.24) is 9.80 Å². The summed E-state index contributed by atoms with van der Waals surface area (Å²) in [6, 6.07) is 6.21. The molecule has 2 fully saturated rings. The minimum absolute atomic E-state index is 0.0597. The van der Waals surface area contributed by atoms with Crippen LogP contribution in [0.1, 0.15) is 18.1 Å². The van der Waals surface area contributed by atoms with Gasteiger partial charge in [0.05, 0.1) is 25.8 Å². The van der Waals surface area contributed by atoms with Gasteiger partial charge in [-0.25, -0.2) is 4.39 Å². The standard InChI is InChI=1S/C16H21FN2O3/c17-13-3-1-12(2-4-13)15-10-19(7-8-22-15)16(21)11-18-6-5-14(20)9-18/h1-4,14-15,20H,5-11H2/t14-,15?/m0/s1. The highest BCUT2D eigenvalue weighted by Gasteiger charge is 2.28. The molecule has 0 saturated carbocycles. The van der Waals surface area contributed by atoms with Crippen molar-refractivity contribution < 1.29 is 19.0 Å². The number of likely N-dealkylation sites (tertiary alicyclic amines) is 1. The van der Waals surface area contributed by atoms with Gasteiger partial charge in [-0.2, -0.15) is 0 Å². The predicted octanol–water partition coefficient (Wildman–Crippen LogP) is 0.792. The summed E-state index contributed by atoms with van der Waals surface area (Å²) in [5, 5.41) is 9.52. The third-order valence-electron chi connectivity index (χ3n) is 4.27. The summed E-state index contributed by atoms with van der Waals surface area (Å²) in [6.07, 6.45) is 0.209. The van der Waals surface area contributed by atoms with E-state index >= 15 is 0 Å². The Bertz CT molecular complexity index is 523. The molecular weight excluding hydrogens is 287 g/mol. The molecule has 1 N–H and O–H groups in total. The topological polar surface area (TPSA) is 53.0 Å². The maximum Gasteiger partial charge on any atom is 0.236 e. The van der Waals surface area contributed by atoms with E-state index in [1.807, 2.05) is 4.90 Å². The summed E-state index contributed by atoms with van der Waals surface area (Å²) in [7, 11) is 0. The minimum Gasteiger partial charge on any atom is -0.392 e. The highest BCUT2D eigenvalue weighted by Crippen LogP contribution is 2.22. The zero-order valence-electron chi connectivity index (χ0n) is 12.4. The van der Waals surface area contributed by atoms with E-state index in [4.69, 9.17) is 4.74 Å². The number of hydrogen-bond acceptors (Lipinski definition) is 4. The van der Waals surface area contributed by atoms with Gasteiger partial charge in [-0.1, -0.05) is 12.1 Å². The molecule has 0 aromatic heterocycles. The van der Waals surface area contributed by atoms with Gasteiger partial charge in [0, 0.05) is 19.6 Å². The molecule has 22 heavy (non-hydrogen) atoms. The van der Waals surface area contributed by atoms with E-state index < -0.39 is 0 Å². The Kier molecular flexibility index (Phi) is 4.71. The number of β-amino-alcohol motifs (C(OH)–C–C–N with tert-alkyl or cyclic N) is 1. The molecule has 120 valence electrons. The number of benzene rings is 1. The van der Waals surface area contributed by atoms with E-state index in [1.165, 1.54) is 12.1 Å². The Morgan fingerprint density at radius 3 is 2.73 bits per heavy atom. The third-order valence-corrected chi connectivity index (χ3v) is 4.27. The molecule has 6 heteroatoms. The molecule has 1 unspecified atom stereocenters. The molecule has 0 bridgehead atoms. The highest BCUT2D eigenvalue weighted by molar-refractivity contribution is 5.78. The fourth-order valence-electron chi connectivity index (χ4n) is 3.00. The highest BCUT2D eigenvalue weighted by atomic mass is 19.1. The molecule has 0 spiro atoms. The monoisotopic (exact) mass is 308 g/mol. The number of ether oxygens (including phenoxy) is 1. The predicted molar refractivity (Wildman–Crippen MR) is 78.7 cm³/mol. The number of hydrogen-bond donors (Lipinski definition) is 1. The number of nitrogens with zero attached hydrogens (tertiary/aromatic N) is 2. The molecule has 2 aliphatic rings. The van der Waals surface area contributed by atoms with Gasteiger partial charge in [0.1, 0.15) is 11.9 Å². The number of rotatable bonds is 3. The summed E-state index contributed by atoms with van der Waals surface area (Å²) in [5.74, 6) is -0.218. The lowest BCUT2D eigenvalue weighted by Crippen LogP contribution is -2.46. The van der Waals surface area contributed by atoms with Gasteiger partial charge in [0.2, 0.25) is 5.91 Å². The number of amides is 1. The SMILES string of the molecule is O=C(CN1CC[C@H](O)C1)N1CCOC(c2ccc(F)cc2)C1. The summed E-state index contributed by atoms with van der Waals surface area (Å²) in [6.45, 7) is 3.22. The van der Waals surface area contributed by atoms with Gasteiger partial charge < -0.3 is 14.7 Å². The van der Waals surface area contributed by atoms with E-state index in [9.17, 15) is 14.3 Å². The van der Waals surface area contributed by atoms with Crippen molar-refractivity contribution in [2.45, 2.75) is 18.6 Å². The molecule has 1 aromatic rings. The Hall–Kier alpha value is -1.50. The normalized spacial score (nSPS) is 26.4. The van der Waals surface area contributed by atoms with Crippen LogP contribution in [0.5, 0.6) is 0 Å². The van der Waals surface area contributed by atoms with Gasteiger partial charge in [-0.15, -0.1) is 0 Å². The van der Waals surface area contributed by atoms with Crippen molar-refractivity contribution in [2.24, 2.45) is 0 Å². The smallest absolute Gasteiger partial charge is 0.236 e. The first-order valence-electron chi connectivity index (χ1n) is 7.67. The van der Waals surface area contributed by atoms with Gasteiger partial charge in [-0.05, 0) is 24.1 Å². The third kappa shape index (κ3) is 3.63. The maximum absolute atomic E-state index is 13.0. The van der Waals surface area contributed by atoms with Crippen LogP contribution in [0.4, 0.5) is 4.39 Å². The van der Waals surface area contributed by atoms with Crippen LogP contribution in [0.3, 0.4) is 0 Å². The van der Waals surface area contributed by atoms with Crippen molar-refractivity contribution >= 4 is 5.91 Å². The maximum atomic E-state index is 13.0. The van der Waals surface area contributed by atoms with Crippen LogP contribution in [0.15, 0.2) is 24.3 Å². The average molecular weight is 308 g/mol. The molecule has 2 heterocycles. The minimum atomic E-state index is -0.315. The molecule has 1 aromatic carbocycles. The Morgan fingerprint density at radius 2 is 2.05 bits per heavy atom. The molecule has 5 nitrogen and oxygen atoms in total. The van der Waals surface area contributed by atoms with Crippen molar-refractivity contribution in [1.29, 1.82) is 0 Å². The number of carbonyl (C=O) groups excluding carboxylic acids is 1. The van der Waals surface area contributed by atoms with Crippen LogP contribution in [0.2, 0.25) is 0 Å². The zero-order chi connectivity index (χ0) is 15.5. The fraction of sp³-hybridized carbons (Fsp3) is 0.562. The van der Waals surface area contributed by atoms with E-state index in [0.29, 0.717) is 32.8 Å². The lowest BCUT2D eigenvalue weighted by molar-refractivity contribution is -0.140. The molecule has 3 rings (SSSR count). The van der Waals surface area contributed by atoms with Crippen LogP contribution >= 0.6 is 0 Å². The van der Waals surface area contributed by atoms with Crippen molar-refractivity contribution in [3.63, 3.8) is 0 Å². The van der Waals surface area contributed by atoms with Crippen LogP contribution < -0.4 is 0 Å². The summed E-state index contributed by atoms with van der Waals surface area (Å²) >= 11 is 0. The van der Waals surface area contributed by atoms with Gasteiger partial charge in [0.25, 0.3) is 0 Å². The number of morpholine rings is 1. The fourth-order valence-corrected chi connectivity index (χ4v) is 3.00. The molecule has 2 atom stereocenters. The number of halogens is 1. The Morgan fingerprint density at radius 1 is 1.27 bits per heavy atom. The van der Waals surface area contributed by atoms with Crippen LogP contribution in [-0.4, -0.2) is 66.2 Å². The largest absolute Gasteiger partial charge is 0.392 e. The number of aliphatic hydroxyl groups is 1. The molecule has 2 saturated heterocycles. The first kappa shape index (κ1) is 15.4. The molecule has 0 aliphatic carbocycles. The number of aliphatic hydroxyl groups excluding tert-OH is 1. The van der Waals surface area contributed by atoms with Crippen molar-refractivity contribution in [3.8, 4) is 0 Å². The summed E-state index contributed by atoms with van der Waals surface area (Å²) in [4.78, 5) is 16.2. The average Bonchev–Trinajstić information content (AvgIpc) is 2.93. The lowest BCUT2D eigenvalue weighted by atomic mass is 10.1. The van der Waals surface area contributed by atoms with Gasteiger partial charge in [0.15, 0.2) is 0 Å². The lowest BCUT2D eigenvalue weighted by Gasteiger charge is -2.34.